The van der Waals surface area contributed by atoms with Crippen molar-refractivity contribution in [3.8, 4) is 0 Å². The van der Waals surface area contributed by atoms with Crippen LogP contribution in [0.15, 0.2) is 24.3 Å². The maximum atomic E-state index is 12.5. The fourth-order valence-corrected chi connectivity index (χ4v) is 2.99. The summed E-state index contributed by atoms with van der Waals surface area (Å²) >= 11 is 0. The van der Waals surface area contributed by atoms with Gasteiger partial charge in [-0.05, 0) is 31.9 Å². The number of urea groups is 1. The number of para-hydroxylation sites is 1. The Labute approximate surface area is 139 Å². The fourth-order valence-electron chi connectivity index (χ4n) is 2.99. The average molecular weight is 319 g/mol. The first-order chi connectivity index (χ1) is 11.2. The highest BCUT2D eigenvalue weighted by atomic mass is 16.5. The molecule has 1 heterocycles. The van der Waals surface area contributed by atoms with E-state index in [1.165, 1.54) is 0 Å². The smallest absolute Gasteiger partial charge is 0.321 e. The Hall–Kier alpha value is -1.59. The van der Waals surface area contributed by atoms with E-state index in [9.17, 15) is 4.79 Å². The molecule has 1 N–H and O–H groups in total. The van der Waals surface area contributed by atoms with Crippen LogP contribution in [0.25, 0.3) is 0 Å². The Kier molecular flexibility index (Phi) is 6.86. The van der Waals surface area contributed by atoms with Gasteiger partial charge in [-0.1, -0.05) is 25.1 Å². The number of hydrogen-bond acceptors (Lipinski definition) is 3. The van der Waals surface area contributed by atoms with Gasteiger partial charge in [-0.15, -0.1) is 0 Å². The third kappa shape index (κ3) is 4.94. The Morgan fingerprint density at radius 2 is 2.09 bits per heavy atom. The van der Waals surface area contributed by atoms with Gasteiger partial charge in [0.05, 0.1) is 6.61 Å². The number of piperazine rings is 1. The summed E-state index contributed by atoms with van der Waals surface area (Å²) in [5.41, 5.74) is 1.98. The molecule has 2 amide bonds. The molecule has 0 aliphatic carbocycles. The Morgan fingerprint density at radius 1 is 1.30 bits per heavy atom. The van der Waals surface area contributed by atoms with E-state index in [0.29, 0.717) is 6.04 Å². The minimum absolute atomic E-state index is 0.00204. The molecule has 1 aromatic carbocycles. The molecule has 128 valence electrons. The van der Waals surface area contributed by atoms with Gasteiger partial charge in [0.25, 0.3) is 0 Å². The van der Waals surface area contributed by atoms with Crippen LogP contribution in [0.2, 0.25) is 0 Å². The summed E-state index contributed by atoms with van der Waals surface area (Å²) < 4.78 is 5.46. The number of nitrogens with one attached hydrogen (secondary N) is 1. The molecule has 0 spiro atoms. The lowest BCUT2D eigenvalue weighted by molar-refractivity contribution is 0.0545. The van der Waals surface area contributed by atoms with Gasteiger partial charge in [0.15, 0.2) is 0 Å². The number of rotatable bonds is 6. The van der Waals surface area contributed by atoms with Gasteiger partial charge in [0.1, 0.15) is 0 Å². The van der Waals surface area contributed by atoms with Gasteiger partial charge in [-0.2, -0.15) is 0 Å². The van der Waals surface area contributed by atoms with E-state index in [1.807, 2.05) is 43.0 Å². The zero-order chi connectivity index (χ0) is 16.7. The number of anilines is 1. The van der Waals surface area contributed by atoms with Crippen LogP contribution in [0.3, 0.4) is 0 Å². The van der Waals surface area contributed by atoms with Crippen molar-refractivity contribution in [1.29, 1.82) is 0 Å². The number of benzene rings is 1. The van der Waals surface area contributed by atoms with Crippen molar-refractivity contribution < 1.29 is 9.53 Å². The largest absolute Gasteiger partial charge is 0.380 e. The second-order valence-electron chi connectivity index (χ2n) is 5.99. The number of nitrogens with zero attached hydrogens (tertiary/aromatic N) is 2. The molecule has 2 rings (SSSR count). The number of hydrogen-bond donors (Lipinski definition) is 1. The van der Waals surface area contributed by atoms with E-state index in [-0.39, 0.29) is 6.03 Å². The molecule has 0 saturated carbocycles. The van der Waals surface area contributed by atoms with Crippen molar-refractivity contribution in [3.05, 3.63) is 29.8 Å². The van der Waals surface area contributed by atoms with Crippen LogP contribution in [0, 0.1) is 6.92 Å². The molecule has 1 atom stereocenters. The summed E-state index contributed by atoms with van der Waals surface area (Å²) in [6.45, 7) is 11.1. The van der Waals surface area contributed by atoms with Gasteiger partial charge >= 0.3 is 6.03 Å². The van der Waals surface area contributed by atoms with Gasteiger partial charge in [-0.25, -0.2) is 4.79 Å². The summed E-state index contributed by atoms with van der Waals surface area (Å²) in [6.07, 6.45) is 1.04. The van der Waals surface area contributed by atoms with Crippen LogP contribution in [0.4, 0.5) is 10.5 Å². The molecular formula is C18H29N3O2. The average Bonchev–Trinajstić information content (AvgIpc) is 2.57. The van der Waals surface area contributed by atoms with Crippen LogP contribution in [0.5, 0.6) is 0 Å². The lowest BCUT2D eigenvalue weighted by Crippen LogP contribution is -2.56. The zero-order valence-electron chi connectivity index (χ0n) is 14.5. The number of carbonyl (C=O) groups is 1. The Morgan fingerprint density at radius 3 is 2.78 bits per heavy atom. The Balaban J connectivity index is 1.89. The maximum Gasteiger partial charge on any atom is 0.321 e. The zero-order valence-corrected chi connectivity index (χ0v) is 14.5. The molecule has 5 nitrogen and oxygen atoms in total. The molecule has 1 aliphatic rings. The van der Waals surface area contributed by atoms with Crippen molar-refractivity contribution in [3.63, 3.8) is 0 Å². The van der Waals surface area contributed by atoms with Crippen LogP contribution in [0.1, 0.15) is 25.8 Å². The molecule has 0 aromatic heterocycles. The van der Waals surface area contributed by atoms with E-state index < -0.39 is 0 Å². The highest BCUT2D eigenvalue weighted by Gasteiger charge is 2.28. The molecular weight excluding hydrogens is 290 g/mol. The van der Waals surface area contributed by atoms with E-state index in [4.69, 9.17) is 4.74 Å². The number of aryl methyl sites for hydroxylation is 1. The van der Waals surface area contributed by atoms with Crippen molar-refractivity contribution in [2.75, 3.05) is 44.7 Å². The van der Waals surface area contributed by atoms with Crippen LogP contribution < -0.4 is 5.32 Å². The first-order valence-corrected chi connectivity index (χ1v) is 8.59. The summed E-state index contributed by atoms with van der Waals surface area (Å²) in [7, 11) is 0. The molecule has 1 aromatic rings. The predicted molar refractivity (Wildman–Crippen MR) is 93.9 cm³/mol. The van der Waals surface area contributed by atoms with Gasteiger partial charge in [-0.3, -0.25) is 4.90 Å². The lowest BCUT2D eigenvalue weighted by Gasteiger charge is -2.41. The minimum atomic E-state index is 0.00204. The molecule has 1 fully saturated rings. The van der Waals surface area contributed by atoms with E-state index in [1.54, 1.807) is 0 Å². The summed E-state index contributed by atoms with van der Waals surface area (Å²) in [6, 6.07) is 8.30. The van der Waals surface area contributed by atoms with Crippen molar-refractivity contribution >= 4 is 11.7 Å². The van der Waals surface area contributed by atoms with Crippen molar-refractivity contribution in [2.24, 2.45) is 0 Å². The van der Waals surface area contributed by atoms with Crippen molar-refractivity contribution in [1.82, 2.24) is 9.80 Å². The van der Waals surface area contributed by atoms with Crippen LogP contribution >= 0.6 is 0 Å². The standard InChI is InChI=1S/C18H29N3O2/c1-4-16-14-21(11-10-20(16)12-13-23-5-2)18(22)19-17-9-7-6-8-15(17)3/h6-9,16H,4-5,10-14H2,1-3H3,(H,19,22)/t16-/m0/s1. The molecule has 0 radical (unpaired) electrons. The summed E-state index contributed by atoms with van der Waals surface area (Å²) in [5.74, 6) is 0. The molecule has 0 unspecified atom stereocenters. The third-order valence-corrected chi connectivity index (χ3v) is 4.48. The minimum Gasteiger partial charge on any atom is -0.380 e. The number of ether oxygens (including phenoxy) is 1. The quantitative estimate of drug-likeness (QED) is 0.820. The molecule has 1 saturated heterocycles. The summed E-state index contributed by atoms with van der Waals surface area (Å²) in [4.78, 5) is 16.9. The topological polar surface area (TPSA) is 44.8 Å². The Bertz CT molecular complexity index is 507. The van der Waals surface area contributed by atoms with E-state index in [0.717, 1.165) is 57.1 Å². The fraction of sp³-hybridized carbons (Fsp3) is 0.611. The second-order valence-corrected chi connectivity index (χ2v) is 5.99. The van der Waals surface area contributed by atoms with Gasteiger partial charge in [0.2, 0.25) is 0 Å². The van der Waals surface area contributed by atoms with Crippen LogP contribution in [-0.4, -0.2) is 61.3 Å². The highest BCUT2D eigenvalue weighted by molar-refractivity contribution is 5.90. The highest BCUT2D eigenvalue weighted by Crippen LogP contribution is 2.17. The van der Waals surface area contributed by atoms with Gasteiger partial charge < -0.3 is 15.0 Å². The maximum absolute atomic E-state index is 12.5. The third-order valence-electron chi connectivity index (χ3n) is 4.48. The SMILES string of the molecule is CCOCCN1CCN(C(=O)Nc2ccccc2C)C[C@@H]1CC. The number of carbonyl (C=O) groups excluding carboxylic acids is 1. The summed E-state index contributed by atoms with van der Waals surface area (Å²) in [5, 5.41) is 3.04. The predicted octanol–water partition coefficient (Wildman–Crippen LogP) is 2.96. The molecule has 5 heteroatoms. The first kappa shape index (κ1) is 17.8. The molecule has 1 aliphatic heterocycles. The number of amides is 2. The first-order valence-electron chi connectivity index (χ1n) is 8.59. The van der Waals surface area contributed by atoms with Crippen molar-refractivity contribution in [2.45, 2.75) is 33.2 Å². The monoisotopic (exact) mass is 319 g/mol. The lowest BCUT2D eigenvalue weighted by atomic mass is 10.1. The van der Waals surface area contributed by atoms with E-state index in [2.05, 4.69) is 17.1 Å². The van der Waals surface area contributed by atoms with Crippen LogP contribution in [-0.2, 0) is 4.74 Å². The molecule has 0 bridgehead atoms. The van der Waals surface area contributed by atoms with Gasteiger partial charge in [0, 0.05) is 44.5 Å². The normalized spacial score (nSPS) is 18.9. The van der Waals surface area contributed by atoms with E-state index >= 15 is 0 Å². The second kappa shape index (κ2) is 8.89. The molecule has 23 heavy (non-hydrogen) atoms.